The van der Waals surface area contributed by atoms with Gasteiger partial charge in [0.1, 0.15) is 0 Å². The molecular weight excluding hydrogens is 290 g/mol. The highest BCUT2D eigenvalue weighted by Gasteiger charge is 2.21. The third kappa shape index (κ3) is 3.59. The Morgan fingerprint density at radius 2 is 1.91 bits per heavy atom. The summed E-state index contributed by atoms with van der Waals surface area (Å²) in [7, 11) is 0. The zero-order valence-electron chi connectivity index (χ0n) is 12.8. The van der Waals surface area contributed by atoms with Crippen LogP contribution < -0.4 is 5.32 Å². The predicted octanol–water partition coefficient (Wildman–Crippen LogP) is 3.12. The van der Waals surface area contributed by atoms with E-state index in [2.05, 4.69) is 5.32 Å². The summed E-state index contributed by atoms with van der Waals surface area (Å²) >= 11 is 0. The molecule has 2 aromatic rings. The number of rotatable bonds is 4. The van der Waals surface area contributed by atoms with Gasteiger partial charge >= 0.3 is 5.97 Å². The smallest absolute Gasteiger partial charge is 0.335 e. The van der Waals surface area contributed by atoms with Crippen molar-refractivity contribution >= 4 is 11.9 Å². The molecule has 3 rings (SSSR count). The summed E-state index contributed by atoms with van der Waals surface area (Å²) in [5, 5.41) is 12.0. The summed E-state index contributed by atoms with van der Waals surface area (Å²) in [4.78, 5) is 22.9. The molecule has 1 aliphatic heterocycles. The summed E-state index contributed by atoms with van der Waals surface area (Å²) in [6.45, 7) is 0.786. The number of carbonyl (C=O) groups is 2. The number of carbonyl (C=O) groups excluding carboxylic acids is 1. The van der Waals surface area contributed by atoms with Crippen molar-refractivity contribution < 1.29 is 14.7 Å². The molecule has 4 heteroatoms. The van der Waals surface area contributed by atoms with Gasteiger partial charge in [-0.1, -0.05) is 36.4 Å². The van der Waals surface area contributed by atoms with E-state index in [1.807, 2.05) is 30.3 Å². The highest BCUT2D eigenvalue weighted by atomic mass is 16.4. The lowest BCUT2D eigenvalue weighted by molar-refractivity contribution is -0.126. The van der Waals surface area contributed by atoms with Crippen LogP contribution >= 0.6 is 0 Å². The molecule has 1 heterocycles. The first-order valence-electron chi connectivity index (χ1n) is 7.84. The van der Waals surface area contributed by atoms with E-state index in [9.17, 15) is 9.59 Å². The van der Waals surface area contributed by atoms with Crippen molar-refractivity contribution in [3.05, 3.63) is 59.7 Å². The normalized spacial score (nSPS) is 17.6. The van der Waals surface area contributed by atoms with Crippen LogP contribution in [0, 0.1) is 5.92 Å². The van der Waals surface area contributed by atoms with Crippen LogP contribution in [0.3, 0.4) is 0 Å². The number of piperidine rings is 1. The van der Waals surface area contributed by atoms with Crippen LogP contribution in [0.2, 0.25) is 0 Å². The summed E-state index contributed by atoms with van der Waals surface area (Å²) in [6.07, 6.45) is 2.73. The Hall–Kier alpha value is -2.62. The van der Waals surface area contributed by atoms with E-state index in [1.54, 1.807) is 18.2 Å². The predicted molar refractivity (Wildman–Crippen MR) is 88.3 cm³/mol. The largest absolute Gasteiger partial charge is 0.478 e. The van der Waals surface area contributed by atoms with Crippen LogP contribution in [0.1, 0.15) is 28.8 Å². The molecule has 0 radical (unpaired) electrons. The lowest BCUT2D eigenvalue weighted by atomic mass is 9.91. The molecule has 1 fully saturated rings. The number of carboxylic acids is 1. The zero-order valence-corrected chi connectivity index (χ0v) is 12.8. The highest BCUT2D eigenvalue weighted by molar-refractivity contribution is 5.89. The van der Waals surface area contributed by atoms with E-state index in [-0.39, 0.29) is 17.4 Å². The van der Waals surface area contributed by atoms with Crippen molar-refractivity contribution in [1.82, 2.24) is 5.32 Å². The van der Waals surface area contributed by atoms with E-state index in [0.29, 0.717) is 0 Å². The number of carboxylic acid groups (broad SMARTS) is 1. The first-order valence-corrected chi connectivity index (χ1v) is 7.84. The van der Waals surface area contributed by atoms with Crippen LogP contribution in [-0.4, -0.2) is 23.5 Å². The zero-order chi connectivity index (χ0) is 16.2. The number of aromatic carboxylic acids is 1. The Kier molecular flexibility index (Phi) is 4.42. The second-order valence-corrected chi connectivity index (χ2v) is 5.92. The van der Waals surface area contributed by atoms with Crippen LogP contribution in [-0.2, 0) is 11.2 Å². The molecule has 2 N–H and O–H groups in total. The average Bonchev–Trinajstić information content (AvgIpc) is 2.58. The van der Waals surface area contributed by atoms with Gasteiger partial charge in [-0.05, 0) is 48.1 Å². The Bertz CT molecular complexity index is 722. The summed E-state index contributed by atoms with van der Waals surface area (Å²) in [5.74, 6) is -0.716. The fraction of sp³-hybridized carbons (Fsp3) is 0.263. The van der Waals surface area contributed by atoms with Crippen LogP contribution in [0.4, 0.5) is 0 Å². The molecule has 1 amide bonds. The highest BCUT2D eigenvalue weighted by Crippen LogP contribution is 2.23. The van der Waals surface area contributed by atoms with Gasteiger partial charge in [0.15, 0.2) is 0 Å². The maximum atomic E-state index is 11.8. The average molecular weight is 309 g/mol. The quantitative estimate of drug-likeness (QED) is 0.912. The van der Waals surface area contributed by atoms with E-state index in [1.165, 1.54) is 0 Å². The van der Waals surface area contributed by atoms with Gasteiger partial charge in [0.05, 0.1) is 5.56 Å². The summed E-state index contributed by atoms with van der Waals surface area (Å²) in [5.41, 5.74) is 3.27. The second-order valence-electron chi connectivity index (χ2n) is 5.92. The van der Waals surface area contributed by atoms with Crippen LogP contribution in [0.25, 0.3) is 11.1 Å². The van der Waals surface area contributed by atoms with E-state index in [0.717, 1.165) is 42.5 Å². The Balaban J connectivity index is 1.75. The van der Waals surface area contributed by atoms with Gasteiger partial charge in [0, 0.05) is 12.5 Å². The number of benzene rings is 2. The molecule has 23 heavy (non-hydrogen) atoms. The Labute approximate surface area is 135 Å². The molecule has 0 saturated carbocycles. The first-order chi connectivity index (χ1) is 11.1. The number of amides is 1. The van der Waals surface area contributed by atoms with Gasteiger partial charge in [-0.25, -0.2) is 4.79 Å². The molecule has 2 aromatic carbocycles. The topological polar surface area (TPSA) is 66.4 Å². The standard InChI is InChI=1S/C19H19NO3/c21-18-16(5-2-10-20-18)11-13-6-8-14(9-7-13)15-3-1-4-17(12-15)19(22)23/h1,3-4,6-9,12,16H,2,5,10-11H2,(H,20,21)(H,22,23)/t16-/m1/s1. The number of hydrogen-bond donors (Lipinski definition) is 2. The first kappa shape index (κ1) is 15.3. The van der Waals surface area contributed by atoms with Gasteiger partial charge in [0.25, 0.3) is 0 Å². The molecule has 0 aromatic heterocycles. The molecule has 1 aliphatic rings. The molecule has 0 spiro atoms. The van der Waals surface area contributed by atoms with Crippen molar-refractivity contribution in [3.8, 4) is 11.1 Å². The minimum Gasteiger partial charge on any atom is -0.478 e. The van der Waals surface area contributed by atoms with Gasteiger partial charge in [-0.3, -0.25) is 4.79 Å². The Morgan fingerprint density at radius 3 is 2.61 bits per heavy atom. The van der Waals surface area contributed by atoms with Crippen molar-refractivity contribution in [2.24, 2.45) is 5.92 Å². The molecule has 1 atom stereocenters. The van der Waals surface area contributed by atoms with E-state index in [4.69, 9.17) is 5.11 Å². The van der Waals surface area contributed by atoms with Gasteiger partial charge in [0.2, 0.25) is 5.91 Å². The second kappa shape index (κ2) is 6.65. The maximum Gasteiger partial charge on any atom is 0.335 e. The number of hydrogen-bond acceptors (Lipinski definition) is 2. The van der Waals surface area contributed by atoms with Crippen molar-refractivity contribution in [1.29, 1.82) is 0 Å². The maximum absolute atomic E-state index is 11.8. The van der Waals surface area contributed by atoms with Crippen LogP contribution in [0.15, 0.2) is 48.5 Å². The summed E-state index contributed by atoms with van der Waals surface area (Å²) < 4.78 is 0. The van der Waals surface area contributed by atoms with Gasteiger partial charge in [-0.2, -0.15) is 0 Å². The minimum atomic E-state index is -0.924. The molecule has 0 bridgehead atoms. The third-order valence-electron chi connectivity index (χ3n) is 4.28. The lowest BCUT2D eigenvalue weighted by Gasteiger charge is -2.21. The molecule has 4 nitrogen and oxygen atoms in total. The monoisotopic (exact) mass is 309 g/mol. The van der Waals surface area contributed by atoms with Crippen molar-refractivity contribution in [2.75, 3.05) is 6.54 Å². The Morgan fingerprint density at radius 1 is 1.13 bits per heavy atom. The molecule has 1 saturated heterocycles. The SMILES string of the molecule is O=C(O)c1cccc(-c2ccc(C[C@H]3CCCNC3=O)cc2)c1. The lowest BCUT2D eigenvalue weighted by Crippen LogP contribution is -2.37. The van der Waals surface area contributed by atoms with E-state index < -0.39 is 5.97 Å². The third-order valence-corrected chi connectivity index (χ3v) is 4.28. The summed E-state index contributed by atoms with van der Waals surface area (Å²) in [6, 6.07) is 14.9. The molecule has 118 valence electrons. The molecular formula is C19H19NO3. The van der Waals surface area contributed by atoms with Crippen LogP contribution in [0.5, 0.6) is 0 Å². The number of nitrogens with one attached hydrogen (secondary N) is 1. The fourth-order valence-electron chi connectivity index (χ4n) is 2.98. The van der Waals surface area contributed by atoms with Crippen molar-refractivity contribution in [3.63, 3.8) is 0 Å². The molecule has 0 aliphatic carbocycles. The van der Waals surface area contributed by atoms with Gasteiger partial charge < -0.3 is 10.4 Å². The van der Waals surface area contributed by atoms with E-state index >= 15 is 0 Å². The van der Waals surface area contributed by atoms with Gasteiger partial charge in [-0.15, -0.1) is 0 Å². The molecule has 0 unspecified atom stereocenters. The minimum absolute atomic E-state index is 0.0601. The van der Waals surface area contributed by atoms with Crippen molar-refractivity contribution in [2.45, 2.75) is 19.3 Å². The fourth-order valence-corrected chi connectivity index (χ4v) is 2.98.